The molecule has 90 valence electrons. The molecule has 1 aromatic heterocycles. The zero-order valence-electron chi connectivity index (χ0n) is 10.3. The van der Waals surface area contributed by atoms with Crippen LogP contribution in [0.2, 0.25) is 0 Å². The molecule has 0 bridgehead atoms. The van der Waals surface area contributed by atoms with E-state index in [4.69, 9.17) is 10.5 Å². The first-order valence-electron chi connectivity index (χ1n) is 5.61. The van der Waals surface area contributed by atoms with Gasteiger partial charge in [-0.1, -0.05) is 0 Å². The van der Waals surface area contributed by atoms with Crippen molar-refractivity contribution in [2.45, 2.75) is 19.9 Å². The molecular formula is C13H17N3O. The smallest absolute Gasteiger partial charge is 0.122 e. The molecule has 2 rings (SSSR count). The van der Waals surface area contributed by atoms with Crippen molar-refractivity contribution < 1.29 is 4.74 Å². The molecule has 0 aliphatic heterocycles. The number of hydrogen-bond acceptors (Lipinski definition) is 3. The van der Waals surface area contributed by atoms with E-state index in [1.807, 2.05) is 35.0 Å². The highest BCUT2D eigenvalue weighted by Crippen LogP contribution is 2.24. The zero-order valence-corrected chi connectivity index (χ0v) is 10.3. The Kier molecular flexibility index (Phi) is 3.04. The molecule has 0 saturated carbocycles. The molecule has 4 heteroatoms. The van der Waals surface area contributed by atoms with Gasteiger partial charge in [0, 0.05) is 17.7 Å². The zero-order chi connectivity index (χ0) is 12.4. The van der Waals surface area contributed by atoms with Crippen LogP contribution in [0.1, 0.15) is 19.9 Å². The number of nitrogens with zero attached hydrogens (tertiary/aromatic N) is 2. The van der Waals surface area contributed by atoms with Crippen LogP contribution >= 0.6 is 0 Å². The van der Waals surface area contributed by atoms with Crippen molar-refractivity contribution in [3.8, 4) is 17.0 Å². The first-order valence-corrected chi connectivity index (χ1v) is 5.61. The van der Waals surface area contributed by atoms with Crippen molar-refractivity contribution in [2.75, 3.05) is 12.8 Å². The molecule has 4 nitrogen and oxygen atoms in total. The minimum absolute atomic E-state index is 0.266. The third-order valence-electron chi connectivity index (χ3n) is 2.64. The van der Waals surface area contributed by atoms with Crippen LogP contribution in [0.4, 0.5) is 5.82 Å². The summed E-state index contributed by atoms with van der Waals surface area (Å²) in [5.41, 5.74) is 7.84. The highest BCUT2D eigenvalue weighted by atomic mass is 16.5. The van der Waals surface area contributed by atoms with Crippen molar-refractivity contribution in [1.82, 2.24) is 9.78 Å². The van der Waals surface area contributed by atoms with Gasteiger partial charge >= 0.3 is 0 Å². The third kappa shape index (κ3) is 2.25. The minimum atomic E-state index is 0.266. The number of aromatic nitrogens is 2. The van der Waals surface area contributed by atoms with Gasteiger partial charge in [-0.3, -0.25) is 0 Å². The Morgan fingerprint density at radius 1 is 1.24 bits per heavy atom. The summed E-state index contributed by atoms with van der Waals surface area (Å²) in [6.07, 6.45) is 0. The predicted molar refractivity (Wildman–Crippen MR) is 69.0 cm³/mol. The number of nitrogens with two attached hydrogens (primary N) is 1. The van der Waals surface area contributed by atoms with Gasteiger partial charge in [0.05, 0.1) is 12.8 Å². The molecule has 0 amide bonds. The maximum absolute atomic E-state index is 5.91. The van der Waals surface area contributed by atoms with Crippen LogP contribution in [0.3, 0.4) is 0 Å². The normalized spacial score (nSPS) is 10.8. The maximum atomic E-state index is 5.91. The van der Waals surface area contributed by atoms with Gasteiger partial charge in [0.2, 0.25) is 0 Å². The molecule has 1 heterocycles. The van der Waals surface area contributed by atoms with E-state index in [9.17, 15) is 0 Å². The highest BCUT2D eigenvalue weighted by Gasteiger charge is 2.09. The number of hydrogen-bond donors (Lipinski definition) is 1. The second kappa shape index (κ2) is 4.49. The minimum Gasteiger partial charge on any atom is -0.497 e. The summed E-state index contributed by atoms with van der Waals surface area (Å²) in [5.74, 6) is 1.52. The van der Waals surface area contributed by atoms with Crippen molar-refractivity contribution in [1.29, 1.82) is 0 Å². The Bertz CT molecular complexity index is 500. The van der Waals surface area contributed by atoms with Gasteiger partial charge in [0.25, 0.3) is 0 Å². The van der Waals surface area contributed by atoms with Crippen LogP contribution in [-0.4, -0.2) is 16.9 Å². The first kappa shape index (κ1) is 11.5. The summed E-state index contributed by atoms with van der Waals surface area (Å²) in [7, 11) is 1.65. The van der Waals surface area contributed by atoms with Gasteiger partial charge in [-0.25, -0.2) is 4.68 Å². The van der Waals surface area contributed by atoms with Crippen molar-refractivity contribution in [2.24, 2.45) is 0 Å². The molecule has 2 N–H and O–H groups in total. The van der Waals surface area contributed by atoms with E-state index in [1.165, 1.54) is 0 Å². The summed E-state index contributed by atoms with van der Waals surface area (Å²) in [4.78, 5) is 0. The molecule has 0 saturated heterocycles. The van der Waals surface area contributed by atoms with E-state index in [1.54, 1.807) is 7.11 Å². The summed E-state index contributed by atoms with van der Waals surface area (Å²) in [6.45, 7) is 4.11. The average Bonchev–Trinajstić information content (AvgIpc) is 2.71. The van der Waals surface area contributed by atoms with Gasteiger partial charge < -0.3 is 10.5 Å². The van der Waals surface area contributed by atoms with E-state index in [-0.39, 0.29) is 6.04 Å². The SMILES string of the molecule is COc1ccc(-c2cc(N)n(C(C)C)n2)cc1. The molecular weight excluding hydrogens is 214 g/mol. The largest absolute Gasteiger partial charge is 0.497 e. The van der Waals surface area contributed by atoms with Crippen LogP contribution in [0.15, 0.2) is 30.3 Å². The summed E-state index contributed by atoms with van der Waals surface area (Å²) >= 11 is 0. The number of methoxy groups -OCH3 is 1. The molecule has 0 radical (unpaired) electrons. The third-order valence-corrected chi connectivity index (χ3v) is 2.64. The van der Waals surface area contributed by atoms with Gasteiger partial charge in [-0.15, -0.1) is 0 Å². The van der Waals surface area contributed by atoms with Crippen LogP contribution in [-0.2, 0) is 0 Å². The van der Waals surface area contributed by atoms with E-state index < -0.39 is 0 Å². The molecule has 0 unspecified atom stereocenters. The Hall–Kier alpha value is -1.97. The molecule has 0 aliphatic rings. The Balaban J connectivity index is 2.36. The lowest BCUT2D eigenvalue weighted by molar-refractivity contribution is 0.415. The van der Waals surface area contributed by atoms with Crippen molar-refractivity contribution in [3.63, 3.8) is 0 Å². The van der Waals surface area contributed by atoms with Crippen LogP contribution < -0.4 is 10.5 Å². The number of ether oxygens (including phenoxy) is 1. The molecule has 0 fully saturated rings. The standard InChI is InChI=1S/C13H17N3O/c1-9(2)16-13(14)8-12(15-16)10-4-6-11(17-3)7-5-10/h4-9H,14H2,1-3H3. The van der Waals surface area contributed by atoms with Gasteiger partial charge in [-0.05, 0) is 38.1 Å². The van der Waals surface area contributed by atoms with Crippen LogP contribution in [0.5, 0.6) is 5.75 Å². The predicted octanol–water partition coefficient (Wildman–Crippen LogP) is 2.72. The summed E-state index contributed by atoms with van der Waals surface area (Å²) in [5, 5.41) is 4.49. The molecule has 0 aliphatic carbocycles. The first-order chi connectivity index (χ1) is 8.11. The monoisotopic (exact) mass is 231 g/mol. The molecule has 2 aromatic rings. The number of rotatable bonds is 3. The second-order valence-electron chi connectivity index (χ2n) is 4.22. The lowest BCUT2D eigenvalue weighted by atomic mass is 10.1. The maximum Gasteiger partial charge on any atom is 0.122 e. The van der Waals surface area contributed by atoms with Crippen molar-refractivity contribution >= 4 is 5.82 Å². The Labute approximate surface area is 101 Å². The van der Waals surface area contributed by atoms with Gasteiger partial charge in [0.1, 0.15) is 11.6 Å². The molecule has 0 spiro atoms. The lowest BCUT2D eigenvalue weighted by Gasteiger charge is -2.06. The van der Waals surface area contributed by atoms with Gasteiger partial charge in [-0.2, -0.15) is 5.10 Å². The summed E-state index contributed by atoms with van der Waals surface area (Å²) in [6, 6.07) is 9.94. The van der Waals surface area contributed by atoms with Crippen molar-refractivity contribution in [3.05, 3.63) is 30.3 Å². The summed E-state index contributed by atoms with van der Waals surface area (Å²) < 4.78 is 6.94. The highest BCUT2D eigenvalue weighted by molar-refractivity contribution is 5.63. The molecule has 0 atom stereocenters. The lowest BCUT2D eigenvalue weighted by Crippen LogP contribution is -2.06. The molecule has 1 aromatic carbocycles. The quantitative estimate of drug-likeness (QED) is 0.883. The van der Waals surface area contributed by atoms with Gasteiger partial charge in [0.15, 0.2) is 0 Å². The van der Waals surface area contributed by atoms with Crippen LogP contribution in [0.25, 0.3) is 11.3 Å². The number of benzene rings is 1. The van der Waals surface area contributed by atoms with E-state index in [0.717, 1.165) is 17.0 Å². The Morgan fingerprint density at radius 2 is 1.88 bits per heavy atom. The molecule has 17 heavy (non-hydrogen) atoms. The van der Waals surface area contributed by atoms with E-state index >= 15 is 0 Å². The topological polar surface area (TPSA) is 53.1 Å². The fraction of sp³-hybridized carbons (Fsp3) is 0.308. The van der Waals surface area contributed by atoms with E-state index in [2.05, 4.69) is 18.9 Å². The average molecular weight is 231 g/mol. The fourth-order valence-corrected chi connectivity index (χ4v) is 1.73. The van der Waals surface area contributed by atoms with Crippen LogP contribution in [0, 0.1) is 0 Å². The van der Waals surface area contributed by atoms with E-state index in [0.29, 0.717) is 5.82 Å². The second-order valence-corrected chi connectivity index (χ2v) is 4.22. The number of anilines is 1. The number of nitrogen functional groups attached to an aromatic ring is 1. The Morgan fingerprint density at radius 3 is 2.35 bits per heavy atom. The fourth-order valence-electron chi connectivity index (χ4n) is 1.73.